The Kier molecular flexibility index (Phi) is 23.0. The lowest BCUT2D eigenvalue weighted by Gasteiger charge is -2.31. The lowest BCUT2D eigenvalue weighted by molar-refractivity contribution is -0.143. The summed E-state index contributed by atoms with van der Waals surface area (Å²) in [7, 11) is 2.00. The minimum atomic E-state index is -1.88. The van der Waals surface area contributed by atoms with E-state index in [1.54, 1.807) is 27.7 Å². The summed E-state index contributed by atoms with van der Waals surface area (Å²) in [6, 6.07) is -5.36. The quantitative estimate of drug-likeness (QED) is 0.0692. The summed E-state index contributed by atoms with van der Waals surface area (Å²) >= 11 is 0. The molecular formula is C43H65N11O13S2. The number of phenolic OH excluding ortho intramolecular Hbond substituents is 1. The predicted octanol–water partition coefficient (Wildman–Crippen LogP) is -3.01. The van der Waals surface area contributed by atoms with E-state index in [-0.39, 0.29) is 49.0 Å². The molecule has 2 unspecified atom stereocenters. The van der Waals surface area contributed by atoms with E-state index in [9.17, 15) is 63.0 Å². The van der Waals surface area contributed by atoms with Crippen molar-refractivity contribution in [1.82, 2.24) is 42.1 Å². The van der Waals surface area contributed by atoms with Gasteiger partial charge in [-0.3, -0.25) is 52.7 Å². The summed E-state index contributed by atoms with van der Waals surface area (Å²) in [6.07, 6.45) is -1.04. The molecule has 0 saturated carbocycles. The Balaban J connectivity index is 2.05. The van der Waals surface area contributed by atoms with Crippen LogP contribution in [0.25, 0.3) is 0 Å². The number of rotatable bonds is 17. The fourth-order valence-electron chi connectivity index (χ4n) is 7.32. The van der Waals surface area contributed by atoms with Crippen LogP contribution in [0.5, 0.6) is 5.75 Å². The van der Waals surface area contributed by atoms with Gasteiger partial charge in [-0.1, -0.05) is 67.8 Å². The van der Waals surface area contributed by atoms with Crippen LogP contribution in [-0.4, -0.2) is 153 Å². The third kappa shape index (κ3) is 18.7. The largest absolute Gasteiger partial charge is 0.508 e. The van der Waals surface area contributed by atoms with Gasteiger partial charge in [0.1, 0.15) is 48.0 Å². The Morgan fingerprint density at radius 3 is 2.03 bits per heavy atom. The first-order chi connectivity index (χ1) is 32.5. The molecule has 2 heterocycles. The number of amides is 10. The number of hydrogen-bond acceptors (Lipinski definition) is 15. The monoisotopic (exact) mass is 1010 g/mol. The van der Waals surface area contributed by atoms with Gasteiger partial charge in [-0.05, 0) is 55.2 Å². The standard InChI is InChI=1S/C43H65N11O13S2/c1-5-22(4)35-42(66)48-26(12-13-32(45)56)38(62)50-29(17-34(58)59)39(63)52-30(20-69-68-19-25(44)36(60)49-28(40(64)53-35)16-23-8-10-24(55)11-9-23)43(67)54-14-6-7-31(54)41(65)51-27(15-21(2)3)37(61)47-18-33(46)57/h8-11,21-22,25-31,35,55H,5-7,12-20,44H2,1-4H3,(H2,45,56)(H2,46,57)(H,47,61)(H,48,66)(H,49,60)(H,50,62)(H,51,65)(H,52,63)(H,53,64)(H,58,59)/t22-,25-,26?,27-,28-,29-,30-,31-,35?/m0/s1. The van der Waals surface area contributed by atoms with Crippen molar-refractivity contribution in [3.8, 4) is 5.75 Å². The predicted molar refractivity (Wildman–Crippen MR) is 253 cm³/mol. The highest BCUT2D eigenvalue weighted by molar-refractivity contribution is 8.76. The molecule has 0 radical (unpaired) electrons. The van der Waals surface area contributed by atoms with Crippen molar-refractivity contribution in [3.05, 3.63) is 29.8 Å². The molecule has 69 heavy (non-hydrogen) atoms. The van der Waals surface area contributed by atoms with Crippen molar-refractivity contribution in [2.24, 2.45) is 29.0 Å². The van der Waals surface area contributed by atoms with Gasteiger partial charge >= 0.3 is 5.97 Å². The van der Waals surface area contributed by atoms with Crippen LogP contribution in [0, 0.1) is 11.8 Å². The van der Waals surface area contributed by atoms with E-state index in [0.717, 1.165) is 21.6 Å². The molecule has 1 aromatic carbocycles. The molecule has 382 valence electrons. The van der Waals surface area contributed by atoms with E-state index in [2.05, 4.69) is 37.2 Å². The molecule has 0 bridgehead atoms. The van der Waals surface area contributed by atoms with Gasteiger partial charge in [0.15, 0.2) is 0 Å². The number of carboxylic acids is 1. The van der Waals surface area contributed by atoms with Crippen molar-refractivity contribution in [2.75, 3.05) is 24.6 Å². The van der Waals surface area contributed by atoms with E-state index in [4.69, 9.17) is 17.2 Å². The van der Waals surface area contributed by atoms with Crippen LogP contribution < -0.4 is 54.4 Å². The first kappa shape index (κ1) is 57.2. The van der Waals surface area contributed by atoms with Crippen LogP contribution in [0.2, 0.25) is 0 Å². The van der Waals surface area contributed by atoms with E-state index < -0.39 is 145 Å². The zero-order chi connectivity index (χ0) is 51.5. The zero-order valence-electron chi connectivity index (χ0n) is 38.9. The molecule has 24 nitrogen and oxygen atoms in total. The number of aliphatic carboxylic acids is 1. The number of primary amides is 2. The van der Waals surface area contributed by atoms with Crippen LogP contribution in [0.3, 0.4) is 0 Å². The van der Waals surface area contributed by atoms with Crippen molar-refractivity contribution < 1.29 is 63.0 Å². The van der Waals surface area contributed by atoms with Gasteiger partial charge in [-0.2, -0.15) is 0 Å². The summed E-state index contributed by atoms with van der Waals surface area (Å²) < 4.78 is 0. The van der Waals surface area contributed by atoms with Gasteiger partial charge in [0, 0.05) is 30.9 Å². The number of aromatic hydroxyl groups is 1. The summed E-state index contributed by atoms with van der Waals surface area (Å²) in [5.41, 5.74) is 17.4. The normalized spacial score (nSPS) is 24.3. The summed E-state index contributed by atoms with van der Waals surface area (Å²) in [5, 5.41) is 37.3. The number of carbonyl (C=O) groups is 11. The SMILES string of the molecule is CC[C@H](C)C1NC(=O)[C@H](Cc2ccc(O)cc2)NC(=O)[C@@H](N)CSSC[C@@H](C(=O)N2CCC[C@H]2C(=O)N[C@@H](CC(C)C)C(=O)NCC(N)=O)NC(=O)[C@H](CC(=O)O)NC(=O)C(CCC(N)=O)NC1=O. The van der Waals surface area contributed by atoms with Gasteiger partial charge in [-0.25, -0.2) is 0 Å². The van der Waals surface area contributed by atoms with Gasteiger partial charge in [0.2, 0.25) is 59.1 Å². The second-order valence-corrected chi connectivity index (χ2v) is 19.9. The first-order valence-corrected chi connectivity index (χ1v) is 25.0. The number of hydrogen-bond donors (Lipinski definition) is 12. The van der Waals surface area contributed by atoms with Crippen molar-refractivity contribution in [2.45, 2.75) is 127 Å². The van der Waals surface area contributed by atoms with Crippen LogP contribution >= 0.6 is 21.6 Å². The van der Waals surface area contributed by atoms with Crippen molar-refractivity contribution in [3.63, 3.8) is 0 Å². The van der Waals surface area contributed by atoms with Crippen molar-refractivity contribution >= 4 is 86.6 Å². The molecule has 0 aromatic heterocycles. The number of carbonyl (C=O) groups excluding carboxylic acids is 10. The third-order valence-electron chi connectivity index (χ3n) is 11.3. The Bertz CT molecular complexity index is 2050. The number of phenols is 1. The number of carboxylic acid groups (broad SMARTS) is 1. The summed E-state index contributed by atoms with van der Waals surface area (Å²) in [6.45, 7) is 6.53. The van der Waals surface area contributed by atoms with Crippen LogP contribution in [0.15, 0.2) is 24.3 Å². The number of nitrogens with zero attached hydrogens (tertiary/aromatic N) is 1. The highest BCUT2D eigenvalue weighted by atomic mass is 33.1. The maximum Gasteiger partial charge on any atom is 0.305 e. The molecule has 2 aliphatic heterocycles. The molecule has 2 aliphatic rings. The highest BCUT2D eigenvalue weighted by Crippen LogP contribution is 2.26. The fraction of sp³-hybridized carbons (Fsp3) is 0.605. The van der Waals surface area contributed by atoms with Gasteiger partial charge < -0.3 is 69.5 Å². The second kappa shape index (κ2) is 27.7. The summed E-state index contributed by atoms with van der Waals surface area (Å²) in [5.74, 6) is -11.2. The molecule has 3 rings (SSSR count). The Morgan fingerprint density at radius 1 is 0.812 bits per heavy atom. The lowest BCUT2D eigenvalue weighted by atomic mass is 9.96. The van der Waals surface area contributed by atoms with E-state index in [1.165, 1.54) is 29.2 Å². The highest BCUT2D eigenvalue weighted by Gasteiger charge is 2.41. The molecule has 0 spiro atoms. The minimum absolute atomic E-state index is 0.0297. The average molecular weight is 1010 g/mol. The second-order valence-electron chi connectivity index (χ2n) is 17.3. The average Bonchev–Trinajstić information content (AvgIpc) is 3.78. The van der Waals surface area contributed by atoms with Gasteiger partial charge in [0.25, 0.3) is 0 Å². The molecule has 2 fully saturated rings. The van der Waals surface area contributed by atoms with Crippen LogP contribution in [0.1, 0.15) is 78.2 Å². The van der Waals surface area contributed by atoms with E-state index in [0.29, 0.717) is 18.4 Å². The maximum atomic E-state index is 14.5. The maximum absolute atomic E-state index is 14.5. The van der Waals surface area contributed by atoms with Crippen LogP contribution in [-0.2, 0) is 59.2 Å². The Labute approximate surface area is 407 Å². The number of benzene rings is 1. The summed E-state index contributed by atoms with van der Waals surface area (Å²) in [4.78, 5) is 148. The zero-order valence-corrected chi connectivity index (χ0v) is 40.6. The molecule has 1 aromatic rings. The fourth-order valence-corrected chi connectivity index (χ4v) is 9.59. The minimum Gasteiger partial charge on any atom is -0.508 e. The third-order valence-corrected chi connectivity index (χ3v) is 13.7. The number of likely N-dealkylation sites (tertiary alicyclic amines) is 1. The number of nitrogens with one attached hydrogen (secondary N) is 7. The van der Waals surface area contributed by atoms with Crippen molar-refractivity contribution in [1.29, 1.82) is 0 Å². The smallest absolute Gasteiger partial charge is 0.305 e. The molecule has 15 N–H and O–H groups in total. The van der Waals surface area contributed by atoms with E-state index in [1.807, 2.05) is 0 Å². The Morgan fingerprint density at radius 2 is 1.42 bits per heavy atom. The van der Waals surface area contributed by atoms with E-state index >= 15 is 0 Å². The molecule has 2 saturated heterocycles. The van der Waals surface area contributed by atoms with Crippen LogP contribution in [0.4, 0.5) is 0 Å². The Hall–Kier alpha value is -6.15. The first-order valence-electron chi connectivity index (χ1n) is 22.5. The molecule has 0 aliphatic carbocycles. The molecule has 26 heteroatoms. The topological polar surface area (TPSA) is 394 Å². The molecule has 9 atom stereocenters. The molecular weight excluding hydrogens is 943 g/mol. The molecule has 10 amide bonds. The van der Waals surface area contributed by atoms with Gasteiger partial charge in [0.05, 0.1) is 19.0 Å². The van der Waals surface area contributed by atoms with Gasteiger partial charge in [-0.15, -0.1) is 0 Å². The number of nitrogens with two attached hydrogens (primary N) is 3. The lowest BCUT2D eigenvalue weighted by Crippen LogP contribution is -2.61.